The highest BCUT2D eigenvalue weighted by Gasteiger charge is 2.26. The van der Waals surface area contributed by atoms with Crippen molar-refractivity contribution < 1.29 is 4.74 Å². The number of allylic oxidation sites excluding steroid dienone is 4. The average Bonchev–Trinajstić information content (AvgIpc) is 3.12. The summed E-state index contributed by atoms with van der Waals surface area (Å²) < 4.78 is 8.38. The van der Waals surface area contributed by atoms with Crippen LogP contribution < -0.4 is 4.74 Å². The van der Waals surface area contributed by atoms with Crippen LogP contribution in [-0.4, -0.2) is 21.9 Å². The lowest BCUT2D eigenvalue weighted by Crippen LogP contribution is -2.18. The normalized spacial score (nSPS) is 16.8. The van der Waals surface area contributed by atoms with E-state index < -0.39 is 0 Å². The highest BCUT2D eigenvalue weighted by Crippen LogP contribution is 2.35. The Kier molecular flexibility index (Phi) is 7.64. The van der Waals surface area contributed by atoms with Crippen LogP contribution in [0.4, 0.5) is 0 Å². The lowest BCUT2D eigenvalue weighted by Gasteiger charge is -2.23. The fourth-order valence-corrected chi connectivity index (χ4v) is 3.60. The fraction of sp³-hybridized carbons (Fsp3) is 0.429. The molecule has 2 aromatic rings. The van der Waals surface area contributed by atoms with Crippen LogP contribution >= 0.6 is 15.9 Å². The summed E-state index contributed by atoms with van der Waals surface area (Å²) in [4.78, 5) is 4.86. The molecule has 1 unspecified atom stereocenters. The minimum atomic E-state index is 0.318. The summed E-state index contributed by atoms with van der Waals surface area (Å²) in [6, 6.07) is 5.97. The van der Waals surface area contributed by atoms with Crippen molar-refractivity contribution in [2.24, 2.45) is 0 Å². The molecule has 0 amide bonds. The molecule has 1 atom stereocenters. The summed E-state index contributed by atoms with van der Waals surface area (Å²) in [5, 5.41) is 4.74. The zero-order valence-corrected chi connectivity index (χ0v) is 17.9. The Morgan fingerprint density at radius 2 is 2.08 bits per heavy atom. The first-order valence-corrected chi connectivity index (χ1v) is 10.0. The van der Waals surface area contributed by atoms with E-state index in [9.17, 15) is 0 Å². The number of hydrogen-bond acceptors (Lipinski definition) is 3. The molecule has 1 aliphatic rings. The van der Waals surface area contributed by atoms with Gasteiger partial charge < -0.3 is 4.74 Å². The number of ether oxygens (including phenoxy) is 1. The van der Waals surface area contributed by atoms with Crippen molar-refractivity contribution in [1.82, 2.24) is 14.8 Å². The molecule has 5 heteroatoms. The van der Waals surface area contributed by atoms with Gasteiger partial charge in [-0.15, -0.1) is 0 Å². The zero-order valence-electron chi connectivity index (χ0n) is 16.3. The molecule has 1 aromatic carbocycles. The molecule has 0 saturated heterocycles. The molecule has 3 rings (SSSR count). The molecule has 0 N–H and O–H groups in total. The van der Waals surface area contributed by atoms with Gasteiger partial charge in [-0.1, -0.05) is 32.1 Å². The third-order valence-electron chi connectivity index (χ3n) is 4.38. The monoisotopic (exact) mass is 417 g/mol. The zero-order chi connectivity index (χ0) is 19.1. The van der Waals surface area contributed by atoms with Crippen molar-refractivity contribution in [2.45, 2.75) is 53.0 Å². The number of halogens is 1. The van der Waals surface area contributed by atoms with Crippen molar-refractivity contribution in [2.75, 3.05) is 7.11 Å². The number of hydrogen-bond donors (Lipinski definition) is 0. The minimum Gasteiger partial charge on any atom is -0.496 e. The third-order valence-corrected chi connectivity index (χ3v) is 5.03. The third kappa shape index (κ3) is 4.26. The topological polar surface area (TPSA) is 39.9 Å². The molecular weight excluding hydrogens is 390 g/mol. The lowest BCUT2D eigenvalue weighted by atomic mass is 9.90. The molecule has 0 bridgehead atoms. The standard InChI is InChI=1S/C19H22BrN3O.C2H6/c1-4-7-13(5-2)15-8-6-11-23-19(15)21-18(22-23)14-9-10-16(20)17(12-14)24-3;1-2/h4-5,7,9-10,12,15H,6,8,11H2,1-3H3;1-2H3/b7-4-,13-5+;. The number of aryl methyl sites for hydroxylation is 1. The maximum absolute atomic E-state index is 5.39. The first-order chi connectivity index (χ1) is 12.7. The van der Waals surface area contributed by atoms with Gasteiger partial charge >= 0.3 is 0 Å². The number of aromatic nitrogens is 3. The number of rotatable bonds is 4. The molecule has 1 aliphatic heterocycles. The van der Waals surface area contributed by atoms with E-state index in [1.54, 1.807) is 7.11 Å². The van der Waals surface area contributed by atoms with Gasteiger partial charge in [0.2, 0.25) is 0 Å². The van der Waals surface area contributed by atoms with Gasteiger partial charge in [-0.05, 0) is 66.4 Å². The smallest absolute Gasteiger partial charge is 0.181 e. The van der Waals surface area contributed by atoms with Crippen molar-refractivity contribution in [1.29, 1.82) is 0 Å². The second kappa shape index (κ2) is 9.72. The molecule has 0 radical (unpaired) electrons. The Morgan fingerprint density at radius 1 is 1.31 bits per heavy atom. The maximum Gasteiger partial charge on any atom is 0.181 e. The number of benzene rings is 1. The van der Waals surface area contributed by atoms with E-state index in [4.69, 9.17) is 14.8 Å². The Hall–Kier alpha value is -1.88. The van der Waals surface area contributed by atoms with Gasteiger partial charge in [0.1, 0.15) is 11.6 Å². The van der Waals surface area contributed by atoms with Gasteiger partial charge in [-0.25, -0.2) is 9.67 Å². The molecule has 26 heavy (non-hydrogen) atoms. The molecule has 1 aromatic heterocycles. The highest BCUT2D eigenvalue weighted by atomic mass is 79.9. The molecule has 140 valence electrons. The van der Waals surface area contributed by atoms with Crippen LogP contribution in [0.25, 0.3) is 11.4 Å². The summed E-state index contributed by atoms with van der Waals surface area (Å²) in [5.74, 6) is 2.93. The summed E-state index contributed by atoms with van der Waals surface area (Å²) in [5.41, 5.74) is 2.29. The molecule has 0 saturated carbocycles. The summed E-state index contributed by atoms with van der Waals surface area (Å²) in [7, 11) is 1.67. The van der Waals surface area contributed by atoms with E-state index in [0.29, 0.717) is 5.92 Å². The van der Waals surface area contributed by atoms with Gasteiger partial charge in [0.15, 0.2) is 5.82 Å². The predicted molar refractivity (Wildman–Crippen MR) is 112 cm³/mol. The molecule has 0 aliphatic carbocycles. The molecule has 2 heterocycles. The number of methoxy groups -OCH3 is 1. The van der Waals surface area contributed by atoms with E-state index in [1.807, 2.05) is 32.0 Å². The summed E-state index contributed by atoms with van der Waals surface area (Å²) in [6.07, 6.45) is 8.69. The second-order valence-corrected chi connectivity index (χ2v) is 6.70. The maximum atomic E-state index is 5.39. The van der Waals surface area contributed by atoms with Crippen molar-refractivity contribution >= 4 is 15.9 Å². The summed E-state index contributed by atoms with van der Waals surface area (Å²) in [6.45, 7) is 9.07. The molecule has 0 spiro atoms. The van der Waals surface area contributed by atoms with Crippen LogP contribution in [-0.2, 0) is 6.54 Å². The quantitative estimate of drug-likeness (QED) is 0.560. The average molecular weight is 418 g/mol. The van der Waals surface area contributed by atoms with Crippen molar-refractivity contribution in [3.63, 3.8) is 0 Å². The first-order valence-electron chi connectivity index (χ1n) is 9.25. The Morgan fingerprint density at radius 3 is 2.73 bits per heavy atom. The highest BCUT2D eigenvalue weighted by molar-refractivity contribution is 9.10. The van der Waals surface area contributed by atoms with Gasteiger partial charge in [0.05, 0.1) is 11.6 Å². The fourth-order valence-electron chi connectivity index (χ4n) is 3.19. The van der Waals surface area contributed by atoms with E-state index in [2.05, 4.69) is 52.7 Å². The van der Waals surface area contributed by atoms with Gasteiger partial charge in [0, 0.05) is 18.0 Å². The Bertz CT molecular complexity index is 793. The van der Waals surface area contributed by atoms with Crippen LogP contribution in [0.3, 0.4) is 0 Å². The largest absolute Gasteiger partial charge is 0.496 e. The van der Waals surface area contributed by atoms with Gasteiger partial charge in [-0.3, -0.25) is 0 Å². The van der Waals surface area contributed by atoms with Crippen LogP contribution in [0, 0.1) is 0 Å². The molecular formula is C21H28BrN3O. The van der Waals surface area contributed by atoms with Crippen LogP contribution in [0.5, 0.6) is 5.75 Å². The number of fused-ring (bicyclic) bond motifs is 1. The first kappa shape index (κ1) is 20.4. The second-order valence-electron chi connectivity index (χ2n) is 5.85. The lowest BCUT2D eigenvalue weighted by molar-refractivity contribution is 0.412. The van der Waals surface area contributed by atoms with Gasteiger partial charge in [0.25, 0.3) is 0 Å². The molecule has 0 fully saturated rings. The van der Waals surface area contributed by atoms with Gasteiger partial charge in [-0.2, -0.15) is 5.10 Å². The van der Waals surface area contributed by atoms with Crippen molar-refractivity contribution in [3.8, 4) is 17.1 Å². The van der Waals surface area contributed by atoms with Crippen molar-refractivity contribution in [3.05, 3.63) is 52.3 Å². The summed E-state index contributed by atoms with van der Waals surface area (Å²) >= 11 is 3.49. The minimum absolute atomic E-state index is 0.318. The van der Waals surface area contributed by atoms with E-state index in [0.717, 1.165) is 46.8 Å². The Balaban J connectivity index is 0.00000117. The van der Waals surface area contributed by atoms with Crippen LogP contribution in [0.1, 0.15) is 52.3 Å². The van der Waals surface area contributed by atoms with Crippen LogP contribution in [0.2, 0.25) is 0 Å². The SMILES string of the molecule is C/C=C\C(=C/C)C1CCCn2nc(-c3ccc(Br)c(OC)c3)nc21.CC. The predicted octanol–water partition coefficient (Wildman–Crippen LogP) is 6.14. The van der Waals surface area contributed by atoms with E-state index in [1.165, 1.54) is 5.57 Å². The van der Waals surface area contributed by atoms with Crippen LogP contribution in [0.15, 0.2) is 46.5 Å². The number of nitrogens with zero attached hydrogens (tertiary/aromatic N) is 3. The molecule has 4 nitrogen and oxygen atoms in total. The van der Waals surface area contributed by atoms with E-state index in [-0.39, 0.29) is 0 Å². The Labute approximate surface area is 165 Å². The van der Waals surface area contributed by atoms with E-state index >= 15 is 0 Å².